The van der Waals surface area contributed by atoms with Crippen LogP contribution in [0.3, 0.4) is 0 Å². The molecule has 0 aliphatic heterocycles. The lowest BCUT2D eigenvalue weighted by atomic mass is 10.0. The third-order valence-electron chi connectivity index (χ3n) is 7.15. The Kier molecular flexibility index (Phi) is 10.9. The average molecular weight is 563 g/mol. The van der Waals surface area contributed by atoms with Gasteiger partial charge in [0, 0.05) is 34.1 Å². The Morgan fingerprint density at radius 3 is 1.19 bits per heavy atom. The first kappa shape index (κ1) is 30.9. The fourth-order valence-corrected chi connectivity index (χ4v) is 4.89. The third-order valence-corrected chi connectivity index (χ3v) is 7.15. The van der Waals surface area contributed by atoms with E-state index in [0.717, 1.165) is 39.7 Å². The Labute approximate surface area is 258 Å². The third kappa shape index (κ3) is 7.81. The van der Waals surface area contributed by atoms with Gasteiger partial charge in [-0.1, -0.05) is 96.6 Å². The lowest BCUT2D eigenvalue weighted by molar-refractivity contribution is 1.20. The van der Waals surface area contributed by atoms with Crippen LogP contribution in [-0.2, 0) is 0 Å². The number of benzene rings is 4. The van der Waals surface area contributed by atoms with Crippen LogP contribution >= 0.6 is 0 Å². The van der Waals surface area contributed by atoms with E-state index in [0.29, 0.717) is 0 Å². The zero-order chi connectivity index (χ0) is 30.6. The van der Waals surface area contributed by atoms with E-state index in [1.165, 1.54) is 16.7 Å². The minimum Gasteiger partial charge on any atom is -0.311 e. The van der Waals surface area contributed by atoms with Crippen molar-refractivity contribution in [1.82, 2.24) is 0 Å². The number of aryl methyl sites for hydroxylation is 2. The van der Waals surface area contributed by atoms with Crippen LogP contribution in [-0.4, -0.2) is 0 Å². The summed E-state index contributed by atoms with van der Waals surface area (Å²) in [6.07, 6.45) is 18.6. The Balaban J connectivity index is 1.70. The summed E-state index contributed by atoms with van der Waals surface area (Å²) in [6.45, 7) is 14.4. The quantitative estimate of drug-likeness (QED) is 0.168. The monoisotopic (exact) mass is 562 g/mol. The molecule has 2 nitrogen and oxygen atoms in total. The highest BCUT2D eigenvalue weighted by Crippen LogP contribution is 2.35. The van der Waals surface area contributed by atoms with Crippen LogP contribution < -0.4 is 9.80 Å². The molecule has 0 aliphatic rings. The molecule has 4 aromatic carbocycles. The Bertz CT molecular complexity index is 1630. The number of allylic oxidation sites excluding steroid dienone is 9. The van der Waals surface area contributed by atoms with Gasteiger partial charge >= 0.3 is 0 Å². The van der Waals surface area contributed by atoms with Gasteiger partial charge in [-0.3, -0.25) is 0 Å². The molecular formula is C41H42N2. The Morgan fingerprint density at radius 2 is 0.837 bits per heavy atom. The van der Waals surface area contributed by atoms with Crippen molar-refractivity contribution in [2.24, 2.45) is 0 Å². The van der Waals surface area contributed by atoms with Gasteiger partial charge in [-0.05, 0) is 119 Å². The van der Waals surface area contributed by atoms with E-state index >= 15 is 0 Å². The molecule has 0 heterocycles. The second-order valence-electron chi connectivity index (χ2n) is 10.4. The van der Waals surface area contributed by atoms with E-state index in [1.807, 2.05) is 32.1 Å². The maximum absolute atomic E-state index is 4.10. The van der Waals surface area contributed by atoms with Gasteiger partial charge in [-0.2, -0.15) is 0 Å². The van der Waals surface area contributed by atoms with E-state index in [4.69, 9.17) is 0 Å². The molecule has 0 aliphatic carbocycles. The highest BCUT2D eigenvalue weighted by molar-refractivity contribution is 5.76. The molecule has 0 amide bonds. The predicted molar refractivity (Wildman–Crippen MR) is 189 cm³/mol. The van der Waals surface area contributed by atoms with Gasteiger partial charge in [0.15, 0.2) is 0 Å². The molecule has 0 saturated heterocycles. The number of rotatable bonds is 11. The minimum atomic E-state index is 1.01. The summed E-state index contributed by atoms with van der Waals surface area (Å²) in [4.78, 5) is 4.53. The average Bonchev–Trinajstić information content (AvgIpc) is 3.04. The van der Waals surface area contributed by atoms with Crippen LogP contribution in [0.4, 0.5) is 22.7 Å². The molecule has 0 saturated carbocycles. The fraction of sp³-hybridized carbons (Fsp3) is 0.122. The molecule has 0 atom stereocenters. The van der Waals surface area contributed by atoms with Gasteiger partial charge in [0.25, 0.3) is 0 Å². The van der Waals surface area contributed by atoms with Crippen molar-refractivity contribution in [2.45, 2.75) is 34.6 Å². The first-order valence-electron chi connectivity index (χ1n) is 14.8. The summed E-state index contributed by atoms with van der Waals surface area (Å²) in [5, 5.41) is 0. The fourth-order valence-electron chi connectivity index (χ4n) is 4.89. The molecule has 0 bridgehead atoms. The molecule has 0 spiro atoms. The van der Waals surface area contributed by atoms with Gasteiger partial charge in [0.1, 0.15) is 0 Å². The van der Waals surface area contributed by atoms with E-state index in [-0.39, 0.29) is 0 Å². The van der Waals surface area contributed by atoms with Crippen LogP contribution in [0.5, 0.6) is 0 Å². The molecule has 4 aromatic rings. The Hall–Kier alpha value is -5.08. The van der Waals surface area contributed by atoms with E-state index in [1.54, 1.807) is 0 Å². The molecule has 2 heteroatoms. The second kappa shape index (κ2) is 15.2. The second-order valence-corrected chi connectivity index (χ2v) is 10.4. The van der Waals surface area contributed by atoms with Crippen molar-refractivity contribution in [1.29, 1.82) is 0 Å². The van der Waals surface area contributed by atoms with Crippen molar-refractivity contribution in [3.63, 3.8) is 0 Å². The standard InChI is InChI=1S/C41H42N2/c1-7-11-14-36(10-4)42(38-24-16-32(5)17-25-38)40-28-20-34(21-29-40)35-22-30-41(31-23-35)43(37(13-9-3)15-12-8-2)39-26-18-33(6)19-27-39/h7-31H,4H2,1-3,5-6H3/b11-7-,12-8-,13-9-,36-14+,37-15+. The topological polar surface area (TPSA) is 6.48 Å². The summed E-state index contributed by atoms with van der Waals surface area (Å²) >= 11 is 0. The molecule has 4 rings (SSSR count). The number of nitrogens with zero attached hydrogens (tertiary/aromatic N) is 2. The maximum Gasteiger partial charge on any atom is 0.0462 e. The van der Waals surface area contributed by atoms with Crippen LogP contribution in [0.15, 0.2) is 170 Å². The van der Waals surface area contributed by atoms with Crippen molar-refractivity contribution in [2.75, 3.05) is 9.80 Å². The van der Waals surface area contributed by atoms with Gasteiger partial charge in [-0.15, -0.1) is 0 Å². The van der Waals surface area contributed by atoms with Gasteiger partial charge in [0.2, 0.25) is 0 Å². The largest absolute Gasteiger partial charge is 0.311 e. The molecule has 0 aromatic heterocycles. The summed E-state index contributed by atoms with van der Waals surface area (Å²) in [6, 6.07) is 34.8. The zero-order valence-electron chi connectivity index (χ0n) is 26.0. The minimum absolute atomic E-state index is 1.01. The summed E-state index contributed by atoms with van der Waals surface area (Å²) in [7, 11) is 0. The van der Waals surface area contributed by atoms with E-state index in [2.05, 4.69) is 171 Å². The smallest absolute Gasteiger partial charge is 0.0462 e. The van der Waals surface area contributed by atoms with Crippen LogP contribution in [0.2, 0.25) is 0 Å². The summed E-state index contributed by atoms with van der Waals surface area (Å²) in [5.41, 5.74) is 11.3. The summed E-state index contributed by atoms with van der Waals surface area (Å²) in [5.74, 6) is 0. The predicted octanol–water partition coefficient (Wildman–Crippen LogP) is 11.9. The van der Waals surface area contributed by atoms with Crippen LogP contribution in [0, 0.1) is 13.8 Å². The molecule has 0 radical (unpaired) electrons. The maximum atomic E-state index is 4.10. The van der Waals surface area contributed by atoms with Gasteiger partial charge < -0.3 is 9.80 Å². The Morgan fingerprint density at radius 1 is 0.488 bits per heavy atom. The lowest BCUT2D eigenvalue weighted by Crippen LogP contribution is -2.15. The van der Waals surface area contributed by atoms with Crippen molar-refractivity contribution < 1.29 is 0 Å². The van der Waals surface area contributed by atoms with E-state index < -0.39 is 0 Å². The number of anilines is 4. The summed E-state index contributed by atoms with van der Waals surface area (Å²) < 4.78 is 0. The molecule has 43 heavy (non-hydrogen) atoms. The van der Waals surface area contributed by atoms with Crippen molar-refractivity contribution in [3.05, 3.63) is 181 Å². The normalized spacial score (nSPS) is 12.4. The van der Waals surface area contributed by atoms with Crippen LogP contribution in [0.1, 0.15) is 31.9 Å². The first-order valence-corrected chi connectivity index (χ1v) is 14.8. The highest BCUT2D eigenvalue weighted by Gasteiger charge is 2.15. The van der Waals surface area contributed by atoms with E-state index in [9.17, 15) is 0 Å². The lowest BCUT2D eigenvalue weighted by Gasteiger charge is -2.27. The molecular weight excluding hydrogens is 520 g/mol. The number of hydrogen-bond acceptors (Lipinski definition) is 2. The SMILES string of the molecule is C=C/C(=C\C=C/C)N(c1ccc(C)cc1)c1ccc(-c2ccc(N(C(/C=C\C)=C/C=C\C)c3ccc(C)cc3)cc2)cc1. The molecule has 0 unspecified atom stereocenters. The van der Waals surface area contributed by atoms with Crippen molar-refractivity contribution in [3.8, 4) is 11.1 Å². The molecule has 0 fully saturated rings. The highest BCUT2D eigenvalue weighted by atomic mass is 15.2. The molecule has 216 valence electrons. The van der Waals surface area contributed by atoms with Crippen LogP contribution in [0.25, 0.3) is 11.1 Å². The first-order chi connectivity index (χ1) is 21.0. The van der Waals surface area contributed by atoms with Gasteiger partial charge in [-0.25, -0.2) is 0 Å². The van der Waals surface area contributed by atoms with Crippen molar-refractivity contribution >= 4 is 22.7 Å². The zero-order valence-corrected chi connectivity index (χ0v) is 26.0. The van der Waals surface area contributed by atoms with Gasteiger partial charge in [0.05, 0.1) is 0 Å². The molecule has 0 N–H and O–H groups in total. The number of hydrogen-bond donors (Lipinski definition) is 0.